The third-order valence-corrected chi connectivity index (χ3v) is 10.5. The molecular formula is C31H33ClN6O3S. The zero-order valence-electron chi connectivity index (χ0n) is 26.6. The Bertz CT molecular complexity index is 1850. The minimum Gasteiger partial charge on any atom is -0.381 e. The van der Waals surface area contributed by atoms with Crippen molar-refractivity contribution in [2.45, 2.75) is 62.4 Å². The maximum atomic E-state index is 13.6. The van der Waals surface area contributed by atoms with E-state index in [1.54, 1.807) is 30.6 Å². The summed E-state index contributed by atoms with van der Waals surface area (Å²) in [6.07, 6.45) is 5.10. The fourth-order valence-electron chi connectivity index (χ4n) is 6.22. The molecule has 0 radical (unpaired) electrons. The van der Waals surface area contributed by atoms with E-state index in [0.717, 1.165) is 21.5 Å². The van der Waals surface area contributed by atoms with E-state index in [1.165, 1.54) is 0 Å². The normalized spacial score (nSPS) is 23.5. The Morgan fingerprint density at radius 2 is 1.88 bits per heavy atom. The highest BCUT2D eigenvalue weighted by atomic mass is 35.5. The molecule has 1 amide bonds. The number of halogens is 1. The van der Waals surface area contributed by atoms with Crippen LogP contribution >= 0.6 is 11.6 Å². The average molecular weight is 608 g/mol. The number of hydrogen-bond donors (Lipinski definition) is 1. The van der Waals surface area contributed by atoms with Crippen molar-refractivity contribution >= 4 is 39.5 Å². The highest BCUT2D eigenvalue weighted by molar-refractivity contribution is 7.84. The number of carbonyl (C=O) groups excluding carboxylic acids is 1. The molecule has 2 aromatic heterocycles. The summed E-state index contributed by atoms with van der Waals surface area (Å²) in [5, 5.41) is 0.412. The number of benzene rings is 2. The summed E-state index contributed by atoms with van der Waals surface area (Å²) in [6, 6.07) is 9.75. The minimum atomic E-state index is -2.66. The number of carbonyl (C=O) groups is 1. The minimum absolute atomic E-state index is 0.293. The number of aromatic nitrogens is 4. The van der Waals surface area contributed by atoms with Crippen LogP contribution in [0.1, 0.15) is 83.8 Å². The molecule has 1 fully saturated rings. The largest absolute Gasteiger partial charge is 0.381 e. The molecule has 5 heterocycles. The molecule has 2 aromatic carbocycles. The molecule has 11 heteroatoms. The molecule has 218 valence electrons. The Morgan fingerprint density at radius 3 is 2.60 bits per heavy atom. The molecular weight excluding hydrogens is 572 g/mol. The maximum Gasteiger partial charge on any atom is 0.254 e. The molecule has 3 atom stereocenters. The van der Waals surface area contributed by atoms with Gasteiger partial charge < -0.3 is 14.2 Å². The lowest BCUT2D eigenvalue weighted by Crippen LogP contribution is -2.51. The van der Waals surface area contributed by atoms with Gasteiger partial charge in [0.25, 0.3) is 5.91 Å². The highest BCUT2D eigenvalue weighted by Gasteiger charge is 2.44. The molecule has 9 nitrogen and oxygen atoms in total. The Morgan fingerprint density at radius 1 is 1.12 bits per heavy atom. The lowest BCUT2D eigenvalue weighted by Gasteiger charge is -2.37. The van der Waals surface area contributed by atoms with Crippen molar-refractivity contribution < 1.29 is 17.9 Å². The Kier molecular flexibility index (Phi) is 5.75. The van der Waals surface area contributed by atoms with Gasteiger partial charge in [0.1, 0.15) is 11.6 Å². The van der Waals surface area contributed by atoms with Crippen molar-refractivity contribution in [2.24, 2.45) is 0 Å². The van der Waals surface area contributed by atoms with Crippen molar-refractivity contribution in [1.29, 1.82) is 0 Å². The first-order chi connectivity index (χ1) is 21.3. The summed E-state index contributed by atoms with van der Waals surface area (Å²) in [7, 11) is -1.32. The fourth-order valence-corrected chi connectivity index (χ4v) is 7.48. The summed E-state index contributed by atoms with van der Waals surface area (Å²) in [5.41, 5.74) is 3.36. The predicted octanol–water partition coefficient (Wildman–Crippen LogP) is 5.32. The van der Waals surface area contributed by atoms with E-state index < -0.39 is 40.2 Å². The number of nitrogens with zero attached hydrogens (tertiary/aromatic N) is 5. The quantitative estimate of drug-likeness (QED) is 0.337. The number of imidazole rings is 1. The molecule has 2 bridgehead atoms. The second kappa shape index (κ2) is 9.94. The van der Waals surface area contributed by atoms with Gasteiger partial charge in [-0.2, -0.15) is 0 Å². The van der Waals surface area contributed by atoms with E-state index in [2.05, 4.69) is 4.72 Å². The van der Waals surface area contributed by atoms with Gasteiger partial charge in [0.2, 0.25) is 0 Å². The van der Waals surface area contributed by atoms with Crippen LogP contribution < -0.4 is 4.72 Å². The topological polar surface area (TPSA) is 102 Å². The van der Waals surface area contributed by atoms with E-state index in [9.17, 15) is 9.00 Å². The summed E-state index contributed by atoms with van der Waals surface area (Å²) < 4.78 is 48.3. The molecule has 42 heavy (non-hydrogen) atoms. The van der Waals surface area contributed by atoms with Crippen LogP contribution in [-0.4, -0.2) is 59.5 Å². The van der Waals surface area contributed by atoms with Crippen LogP contribution in [0.3, 0.4) is 0 Å². The van der Waals surface area contributed by atoms with E-state index in [-0.39, 0.29) is 6.04 Å². The molecule has 0 spiro atoms. The van der Waals surface area contributed by atoms with Crippen molar-refractivity contribution in [1.82, 2.24) is 29.1 Å². The SMILES string of the molecule is [2H]C([2H])([2H])N1C(=O)c2cccc(Cl)c2[C@H]2C[C@@H]1c1nc3ccc(-c4cnc(C5(NS(=O)C(C)(C)C)CCOCC5)nc4)cc3n12. The third kappa shape index (κ3) is 4.30. The van der Waals surface area contributed by atoms with Gasteiger partial charge >= 0.3 is 0 Å². The van der Waals surface area contributed by atoms with Crippen molar-refractivity contribution in [3.8, 4) is 11.1 Å². The van der Waals surface area contributed by atoms with E-state index >= 15 is 0 Å². The lowest BCUT2D eigenvalue weighted by molar-refractivity contribution is 0.0429. The lowest BCUT2D eigenvalue weighted by atomic mass is 9.90. The summed E-state index contributed by atoms with van der Waals surface area (Å²) in [4.78, 5) is 28.9. The van der Waals surface area contributed by atoms with Crippen LogP contribution in [0.25, 0.3) is 22.2 Å². The van der Waals surface area contributed by atoms with Crippen molar-refractivity contribution in [2.75, 3.05) is 20.2 Å². The smallest absolute Gasteiger partial charge is 0.254 e. The van der Waals surface area contributed by atoms with Crippen LogP contribution in [0.15, 0.2) is 48.8 Å². The first-order valence-electron chi connectivity index (χ1n) is 15.5. The Hall–Kier alpha value is -3.18. The van der Waals surface area contributed by atoms with Gasteiger partial charge in [-0.25, -0.2) is 23.9 Å². The first kappa shape index (κ1) is 24.3. The molecule has 1 unspecified atom stereocenters. The second-order valence-electron chi connectivity index (χ2n) is 12.2. The predicted molar refractivity (Wildman–Crippen MR) is 163 cm³/mol. The third-order valence-electron chi connectivity index (χ3n) is 8.52. The van der Waals surface area contributed by atoms with Gasteiger partial charge in [0.15, 0.2) is 0 Å². The number of hydrogen-bond acceptors (Lipinski definition) is 6. The maximum absolute atomic E-state index is 13.6. The molecule has 7 rings (SSSR count). The molecule has 4 aromatic rings. The molecule has 1 saturated heterocycles. The summed E-state index contributed by atoms with van der Waals surface area (Å²) in [6.45, 7) is 4.15. The number of amides is 1. The Labute approximate surface area is 256 Å². The zero-order valence-corrected chi connectivity index (χ0v) is 25.1. The highest BCUT2D eigenvalue weighted by Crippen LogP contribution is 2.49. The van der Waals surface area contributed by atoms with Crippen LogP contribution in [0.4, 0.5) is 0 Å². The molecule has 3 aliphatic rings. The molecule has 3 aliphatic heterocycles. The summed E-state index contributed by atoms with van der Waals surface area (Å²) >= 11 is 6.70. The molecule has 0 saturated carbocycles. The van der Waals surface area contributed by atoms with Gasteiger partial charge in [0, 0.05) is 64.8 Å². The van der Waals surface area contributed by atoms with Gasteiger partial charge in [-0.05, 0) is 63.4 Å². The van der Waals surface area contributed by atoms with Gasteiger partial charge in [0.05, 0.1) is 44.4 Å². The molecule has 1 N–H and O–H groups in total. The van der Waals surface area contributed by atoms with Gasteiger partial charge in [-0.15, -0.1) is 0 Å². The number of ether oxygens (including phenoxy) is 1. The second-order valence-corrected chi connectivity index (χ2v) is 14.5. The van der Waals surface area contributed by atoms with Gasteiger partial charge in [-0.3, -0.25) is 4.79 Å². The molecule has 0 aliphatic carbocycles. The first-order valence-corrected chi connectivity index (χ1v) is 15.6. The standard InChI is InChI=1S/C31H33ClN6O3S/c1-30(2,3)42(40)36-31(10-12-41-13-11-31)29-33-16-19(17-34-29)18-8-9-22-23(14-18)38-24-15-25(27(38)35-22)37(4)28(39)20-6-5-7-21(32)26(20)24/h5-9,14,16-17,24-25,36H,10-13,15H2,1-4H3/t24-,25-,42?/m1/s1/i4D3. The van der Waals surface area contributed by atoms with E-state index in [0.29, 0.717) is 65.8 Å². The van der Waals surface area contributed by atoms with Crippen LogP contribution in [0, 0.1) is 0 Å². The van der Waals surface area contributed by atoms with Crippen LogP contribution in [-0.2, 0) is 21.3 Å². The summed E-state index contributed by atoms with van der Waals surface area (Å²) in [5.74, 6) is 0.525. The monoisotopic (exact) mass is 607 g/mol. The number of nitrogens with one attached hydrogen (secondary N) is 1. The zero-order chi connectivity index (χ0) is 31.9. The average Bonchev–Trinajstić information content (AvgIpc) is 3.49. The Balaban J connectivity index is 1.30. The van der Waals surface area contributed by atoms with E-state index in [4.69, 9.17) is 35.4 Å². The van der Waals surface area contributed by atoms with Gasteiger partial charge in [-0.1, -0.05) is 23.7 Å². The van der Waals surface area contributed by atoms with E-state index in [1.807, 2.05) is 43.5 Å². The van der Waals surface area contributed by atoms with Crippen molar-refractivity contribution in [3.05, 3.63) is 76.6 Å². The van der Waals surface area contributed by atoms with Crippen LogP contribution in [0.2, 0.25) is 5.02 Å². The van der Waals surface area contributed by atoms with Crippen molar-refractivity contribution in [3.63, 3.8) is 0 Å². The fraction of sp³-hybridized carbons (Fsp3) is 0.419. The number of fused-ring (bicyclic) bond motifs is 9. The number of rotatable bonds is 4. The van der Waals surface area contributed by atoms with Crippen LogP contribution in [0.5, 0.6) is 0 Å².